The number of hydrogen-bond acceptors (Lipinski definition) is 3. The van der Waals surface area contributed by atoms with Gasteiger partial charge in [0.05, 0.1) is 12.5 Å². The molecule has 0 aliphatic rings. The van der Waals surface area contributed by atoms with Crippen LogP contribution in [0.4, 0.5) is 0 Å². The number of rotatable bonds is 4. The summed E-state index contributed by atoms with van der Waals surface area (Å²) in [5.74, 6) is 0.408. The van der Waals surface area contributed by atoms with E-state index in [9.17, 15) is 4.79 Å². The highest BCUT2D eigenvalue weighted by atomic mass is 16.3. The second kappa shape index (κ2) is 5.44. The Balaban J connectivity index is 1.64. The minimum absolute atomic E-state index is 0.186. The molecule has 100 valence electrons. The van der Waals surface area contributed by atoms with Gasteiger partial charge in [-0.25, -0.2) is 5.43 Å². The van der Waals surface area contributed by atoms with E-state index in [1.54, 1.807) is 18.4 Å². The summed E-state index contributed by atoms with van der Waals surface area (Å²) in [7, 11) is 0. The van der Waals surface area contributed by atoms with Gasteiger partial charge in [-0.05, 0) is 29.7 Å². The van der Waals surface area contributed by atoms with Gasteiger partial charge in [-0.15, -0.1) is 0 Å². The van der Waals surface area contributed by atoms with E-state index in [0.717, 1.165) is 10.9 Å². The number of nitrogens with zero attached hydrogens (tertiary/aromatic N) is 2. The normalized spacial score (nSPS) is 11.2. The Morgan fingerprint density at radius 2 is 2.15 bits per heavy atom. The first-order valence-corrected chi connectivity index (χ1v) is 6.22. The standard InChI is InChI=1S/C15H13N3O2/c19-15(17-16-10-13-5-3-9-20-13)11-18-8-7-12-4-1-2-6-14(12)18/h1-10H,11H2,(H,17,19)/b16-10+. The first-order valence-electron chi connectivity index (χ1n) is 6.22. The van der Waals surface area contributed by atoms with Gasteiger partial charge in [-0.3, -0.25) is 4.79 Å². The monoisotopic (exact) mass is 267 g/mol. The van der Waals surface area contributed by atoms with Gasteiger partial charge in [-0.1, -0.05) is 18.2 Å². The van der Waals surface area contributed by atoms with Gasteiger partial charge in [0.1, 0.15) is 12.3 Å². The number of hydrogen-bond donors (Lipinski definition) is 1. The molecule has 20 heavy (non-hydrogen) atoms. The Hall–Kier alpha value is -2.82. The number of benzene rings is 1. The fraction of sp³-hybridized carbons (Fsp3) is 0.0667. The molecule has 1 N–H and O–H groups in total. The van der Waals surface area contributed by atoms with Crippen LogP contribution >= 0.6 is 0 Å². The third-order valence-corrected chi connectivity index (χ3v) is 2.92. The Morgan fingerprint density at radius 1 is 1.25 bits per heavy atom. The molecule has 5 nitrogen and oxygen atoms in total. The van der Waals surface area contributed by atoms with Crippen LogP contribution in [-0.2, 0) is 11.3 Å². The number of aromatic nitrogens is 1. The zero-order valence-corrected chi connectivity index (χ0v) is 10.7. The number of carbonyl (C=O) groups excluding carboxylic acids is 1. The fourth-order valence-electron chi connectivity index (χ4n) is 2.00. The summed E-state index contributed by atoms with van der Waals surface area (Å²) in [4.78, 5) is 11.8. The molecule has 0 aliphatic heterocycles. The number of amides is 1. The van der Waals surface area contributed by atoms with Crippen LogP contribution in [0.2, 0.25) is 0 Å². The minimum Gasteiger partial charge on any atom is -0.463 e. The van der Waals surface area contributed by atoms with Crippen molar-refractivity contribution in [2.24, 2.45) is 5.10 Å². The number of hydrazone groups is 1. The average Bonchev–Trinajstić information content (AvgIpc) is 3.09. The average molecular weight is 267 g/mol. The topological polar surface area (TPSA) is 59.5 Å². The maximum absolute atomic E-state index is 11.8. The number of carbonyl (C=O) groups is 1. The maximum Gasteiger partial charge on any atom is 0.259 e. The summed E-state index contributed by atoms with van der Waals surface area (Å²) in [6.07, 6.45) is 4.90. The fourth-order valence-corrected chi connectivity index (χ4v) is 2.00. The molecule has 0 fully saturated rings. The van der Waals surface area contributed by atoms with E-state index in [2.05, 4.69) is 10.5 Å². The second-order valence-corrected chi connectivity index (χ2v) is 4.31. The molecule has 0 saturated carbocycles. The Labute approximate surface area is 115 Å². The number of para-hydroxylation sites is 1. The molecule has 2 heterocycles. The van der Waals surface area contributed by atoms with E-state index in [4.69, 9.17) is 4.42 Å². The van der Waals surface area contributed by atoms with Crippen molar-refractivity contribution in [2.45, 2.75) is 6.54 Å². The molecule has 1 amide bonds. The molecule has 0 spiro atoms. The summed E-state index contributed by atoms with van der Waals surface area (Å²) in [5, 5.41) is 4.95. The van der Waals surface area contributed by atoms with Gasteiger partial charge < -0.3 is 8.98 Å². The first kappa shape index (κ1) is 12.2. The number of furan rings is 1. The summed E-state index contributed by atoms with van der Waals surface area (Å²) in [6.45, 7) is 0.225. The Bertz CT molecular complexity index is 741. The van der Waals surface area contributed by atoms with Crippen molar-refractivity contribution in [1.82, 2.24) is 9.99 Å². The lowest BCUT2D eigenvalue weighted by molar-refractivity contribution is -0.121. The van der Waals surface area contributed by atoms with Crippen LogP contribution in [0.3, 0.4) is 0 Å². The van der Waals surface area contributed by atoms with E-state index >= 15 is 0 Å². The molecule has 0 saturated heterocycles. The van der Waals surface area contributed by atoms with Crippen molar-refractivity contribution >= 4 is 23.0 Å². The largest absolute Gasteiger partial charge is 0.463 e. The van der Waals surface area contributed by atoms with Gasteiger partial charge >= 0.3 is 0 Å². The molecule has 0 unspecified atom stereocenters. The summed E-state index contributed by atoms with van der Waals surface area (Å²) in [6, 6.07) is 13.4. The van der Waals surface area contributed by atoms with Gasteiger partial charge in [0, 0.05) is 11.7 Å². The SMILES string of the molecule is O=C(Cn1ccc2ccccc21)N/N=C/c1ccco1. The maximum atomic E-state index is 11.8. The highest BCUT2D eigenvalue weighted by Gasteiger charge is 2.04. The summed E-state index contributed by atoms with van der Waals surface area (Å²) >= 11 is 0. The molecule has 0 aliphatic carbocycles. The van der Waals surface area contributed by atoms with Crippen molar-refractivity contribution in [1.29, 1.82) is 0 Å². The predicted molar refractivity (Wildman–Crippen MR) is 76.4 cm³/mol. The third kappa shape index (κ3) is 2.61. The van der Waals surface area contributed by atoms with Crippen LogP contribution in [0.5, 0.6) is 0 Å². The van der Waals surface area contributed by atoms with Crippen molar-refractivity contribution < 1.29 is 9.21 Å². The van der Waals surface area contributed by atoms with Gasteiger partial charge in [0.2, 0.25) is 0 Å². The minimum atomic E-state index is -0.186. The van der Waals surface area contributed by atoms with E-state index in [1.165, 1.54) is 6.21 Å². The van der Waals surface area contributed by atoms with Crippen molar-refractivity contribution in [2.75, 3.05) is 0 Å². The predicted octanol–water partition coefficient (Wildman–Crippen LogP) is 2.38. The van der Waals surface area contributed by atoms with Gasteiger partial charge in [-0.2, -0.15) is 5.10 Å². The molecule has 1 aromatic carbocycles. The second-order valence-electron chi connectivity index (χ2n) is 4.31. The number of nitrogens with one attached hydrogen (secondary N) is 1. The van der Waals surface area contributed by atoms with Gasteiger partial charge in [0.25, 0.3) is 5.91 Å². The van der Waals surface area contributed by atoms with Gasteiger partial charge in [0.15, 0.2) is 0 Å². The highest BCUT2D eigenvalue weighted by molar-refractivity contribution is 5.84. The molecular formula is C15H13N3O2. The molecule has 2 aromatic heterocycles. The lowest BCUT2D eigenvalue weighted by Gasteiger charge is -2.03. The van der Waals surface area contributed by atoms with Crippen molar-refractivity contribution in [3.8, 4) is 0 Å². The molecule has 0 radical (unpaired) electrons. The van der Waals surface area contributed by atoms with Crippen LogP contribution in [0, 0.1) is 0 Å². The third-order valence-electron chi connectivity index (χ3n) is 2.92. The Kier molecular flexibility index (Phi) is 3.33. The van der Waals surface area contributed by atoms with Crippen LogP contribution in [0.1, 0.15) is 5.76 Å². The molecular weight excluding hydrogens is 254 g/mol. The van der Waals surface area contributed by atoms with E-state index in [0.29, 0.717) is 5.76 Å². The first-order chi connectivity index (χ1) is 9.83. The smallest absolute Gasteiger partial charge is 0.259 e. The van der Waals surface area contributed by atoms with E-state index < -0.39 is 0 Å². The molecule has 3 rings (SSSR count). The van der Waals surface area contributed by atoms with Crippen LogP contribution in [-0.4, -0.2) is 16.7 Å². The molecule has 0 atom stereocenters. The highest BCUT2D eigenvalue weighted by Crippen LogP contribution is 2.14. The summed E-state index contributed by atoms with van der Waals surface area (Å²) < 4.78 is 6.96. The van der Waals surface area contributed by atoms with E-state index in [-0.39, 0.29) is 12.5 Å². The van der Waals surface area contributed by atoms with E-state index in [1.807, 2.05) is 41.1 Å². The summed E-state index contributed by atoms with van der Waals surface area (Å²) in [5.41, 5.74) is 3.50. The zero-order chi connectivity index (χ0) is 13.8. The number of fused-ring (bicyclic) bond motifs is 1. The van der Waals surface area contributed by atoms with Crippen LogP contribution in [0.25, 0.3) is 10.9 Å². The quantitative estimate of drug-likeness (QED) is 0.583. The molecule has 5 heteroatoms. The van der Waals surface area contributed by atoms with Crippen LogP contribution < -0.4 is 5.43 Å². The lowest BCUT2D eigenvalue weighted by atomic mass is 10.2. The van der Waals surface area contributed by atoms with Crippen molar-refractivity contribution in [3.05, 3.63) is 60.7 Å². The lowest BCUT2D eigenvalue weighted by Crippen LogP contribution is -2.22. The Morgan fingerprint density at radius 3 is 3.00 bits per heavy atom. The zero-order valence-electron chi connectivity index (χ0n) is 10.7. The van der Waals surface area contributed by atoms with Crippen LogP contribution in [0.15, 0.2) is 64.4 Å². The van der Waals surface area contributed by atoms with Crippen molar-refractivity contribution in [3.63, 3.8) is 0 Å². The molecule has 0 bridgehead atoms. The molecule has 3 aromatic rings.